The van der Waals surface area contributed by atoms with Gasteiger partial charge in [-0.2, -0.15) is 4.98 Å². The largest absolute Gasteiger partial charge is 0.425 e. The molecule has 0 saturated heterocycles. The first-order valence-corrected chi connectivity index (χ1v) is 11.0. The van der Waals surface area contributed by atoms with E-state index in [-0.39, 0.29) is 5.56 Å². The summed E-state index contributed by atoms with van der Waals surface area (Å²) in [4.78, 5) is 34.2. The molecule has 0 amide bonds. The zero-order chi connectivity index (χ0) is 22.3. The van der Waals surface area contributed by atoms with Crippen molar-refractivity contribution in [3.8, 4) is 22.3 Å². The van der Waals surface area contributed by atoms with Gasteiger partial charge in [0.15, 0.2) is 11.2 Å². The zero-order valence-corrected chi connectivity index (χ0v) is 19.1. The second kappa shape index (κ2) is 8.14. The third kappa shape index (κ3) is 3.93. The quantitative estimate of drug-likeness (QED) is 0.457. The standard InChI is InChI=1S/C22H25N5O3S/c1-13(2)10-11-27-17-18(25(4)22(29)26(5)20(17)28)24-21(27)30-16-8-6-15(7-9-16)19-23-14(3)12-31-19/h6-9,12-13H,10-11H2,1-5H3. The van der Waals surface area contributed by atoms with E-state index in [1.807, 2.05) is 36.6 Å². The number of hydrogen-bond donors (Lipinski definition) is 0. The maximum absolute atomic E-state index is 12.9. The molecule has 9 heteroatoms. The van der Waals surface area contributed by atoms with Crippen LogP contribution in [0.5, 0.6) is 11.8 Å². The van der Waals surface area contributed by atoms with Gasteiger partial charge in [0.05, 0.1) is 0 Å². The van der Waals surface area contributed by atoms with E-state index in [9.17, 15) is 9.59 Å². The fourth-order valence-corrected chi connectivity index (χ4v) is 4.16. The van der Waals surface area contributed by atoms with E-state index < -0.39 is 5.69 Å². The molecule has 0 saturated carbocycles. The van der Waals surface area contributed by atoms with Crippen LogP contribution in [0, 0.1) is 12.8 Å². The van der Waals surface area contributed by atoms with Crippen molar-refractivity contribution in [3.05, 3.63) is 56.2 Å². The van der Waals surface area contributed by atoms with Crippen LogP contribution in [-0.2, 0) is 20.6 Å². The van der Waals surface area contributed by atoms with E-state index in [0.29, 0.717) is 35.4 Å². The third-order valence-corrected chi connectivity index (χ3v) is 6.18. The van der Waals surface area contributed by atoms with Crippen LogP contribution in [0.3, 0.4) is 0 Å². The van der Waals surface area contributed by atoms with Crippen LogP contribution in [0.25, 0.3) is 21.7 Å². The van der Waals surface area contributed by atoms with Gasteiger partial charge < -0.3 is 4.74 Å². The normalized spacial score (nSPS) is 11.5. The molecule has 0 radical (unpaired) electrons. The summed E-state index contributed by atoms with van der Waals surface area (Å²) in [5.41, 5.74) is 1.90. The smallest absolute Gasteiger partial charge is 0.332 e. The van der Waals surface area contributed by atoms with Gasteiger partial charge in [-0.1, -0.05) is 13.8 Å². The van der Waals surface area contributed by atoms with Gasteiger partial charge in [-0.05, 0) is 43.5 Å². The van der Waals surface area contributed by atoms with Crippen LogP contribution < -0.4 is 16.0 Å². The molecule has 0 N–H and O–H groups in total. The number of rotatable bonds is 6. The van der Waals surface area contributed by atoms with Crippen molar-refractivity contribution in [2.24, 2.45) is 20.0 Å². The first kappa shape index (κ1) is 21.0. The minimum atomic E-state index is -0.416. The molecule has 0 aliphatic rings. The second-order valence-electron chi connectivity index (χ2n) is 8.03. The van der Waals surface area contributed by atoms with Crippen LogP contribution >= 0.6 is 11.3 Å². The summed E-state index contributed by atoms with van der Waals surface area (Å²) in [6.45, 7) is 6.77. The highest BCUT2D eigenvalue weighted by atomic mass is 32.1. The van der Waals surface area contributed by atoms with Crippen LogP contribution in [0.15, 0.2) is 39.2 Å². The maximum atomic E-state index is 12.9. The molecule has 4 aromatic rings. The third-order valence-electron chi connectivity index (χ3n) is 5.17. The molecule has 1 aromatic carbocycles. The minimum Gasteiger partial charge on any atom is -0.425 e. The van der Waals surface area contributed by atoms with Gasteiger partial charge in [-0.3, -0.25) is 18.5 Å². The molecule has 3 heterocycles. The highest BCUT2D eigenvalue weighted by molar-refractivity contribution is 7.13. The molecule has 0 fully saturated rings. The van der Waals surface area contributed by atoms with E-state index in [2.05, 4.69) is 23.8 Å². The van der Waals surface area contributed by atoms with E-state index in [4.69, 9.17) is 4.74 Å². The highest BCUT2D eigenvalue weighted by Crippen LogP contribution is 2.29. The lowest BCUT2D eigenvalue weighted by Gasteiger charge is -2.11. The van der Waals surface area contributed by atoms with E-state index in [1.165, 1.54) is 11.6 Å². The summed E-state index contributed by atoms with van der Waals surface area (Å²) in [6.07, 6.45) is 0.843. The molecular weight excluding hydrogens is 414 g/mol. The molecular formula is C22H25N5O3S. The summed E-state index contributed by atoms with van der Waals surface area (Å²) in [5.74, 6) is 1.03. The molecule has 0 spiro atoms. The Morgan fingerprint density at radius 2 is 1.77 bits per heavy atom. The number of imidazole rings is 1. The maximum Gasteiger partial charge on any atom is 0.332 e. The lowest BCUT2D eigenvalue weighted by molar-refractivity contribution is 0.401. The Morgan fingerprint density at radius 1 is 1.06 bits per heavy atom. The molecule has 8 nitrogen and oxygen atoms in total. The Balaban J connectivity index is 1.76. The van der Waals surface area contributed by atoms with Gasteiger partial charge in [0.25, 0.3) is 5.56 Å². The van der Waals surface area contributed by atoms with Crippen LogP contribution in [0.4, 0.5) is 0 Å². The number of aromatic nitrogens is 5. The number of aryl methyl sites for hydroxylation is 3. The monoisotopic (exact) mass is 439 g/mol. The predicted molar refractivity (Wildman–Crippen MR) is 122 cm³/mol. The summed E-state index contributed by atoms with van der Waals surface area (Å²) in [5, 5.41) is 2.97. The van der Waals surface area contributed by atoms with Crippen LogP contribution in [0.1, 0.15) is 26.0 Å². The summed E-state index contributed by atoms with van der Waals surface area (Å²) in [7, 11) is 3.09. The number of hydrogen-bond acceptors (Lipinski definition) is 6. The summed E-state index contributed by atoms with van der Waals surface area (Å²) in [6, 6.07) is 7.91. The number of fused-ring (bicyclic) bond motifs is 1. The predicted octanol–water partition coefficient (Wildman–Crippen LogP) is 3.70. The lowest BCUT2D eigenvalue weighted by atomic mass is 10.1. The number of nitrogens with zero attached hydrogens (tertiary/aromatic N) is 5. The van der Waals surface area contributed by atoms with Crippen LogP contribution in [0.2, 0.25) is 0 Å². The number of thiazole rings is 1. The summed E-state index contributed by atoms with van der Waals surface area (Å²) >= 11 is 1.60. The Hall–Kier alpha value is -3.20. The number of ether oxygens (including phenoxy) is 1. The fourth-order valence-electron chi connectivity index (χ4n) is 3.36. The minimum absolute atomic E-state index is 0.298. The first-order valence-electron chi connectivity index (χ1n) is 10.1. The van der Waals surface area contributed by atoms with Crippen molar-refractivity contribution in [1.29, 1.82) is 0 Å². The molecule has 0 aliphatic carbocycles. The van der Waals surface area contributed by atoms with E-state index in [1.54, 1.807) is 23.0 Å². The van der Waals surface area contributed by atoms with Crippen molar-refractivity contribution >= 4 is 22.5 Å². The average molecular weight is 440 g/mol. The molecule has 0 atom stereocenters. The van der Waals surface area contributed by atoms with Gasteiger partial charge in [0.2, 0.25) is 0 Å². The Bertz CT molecular complexity index is 1360. The molecule has 3 aromatic heterocycles. The SMILES string of the molecule is Cc1csc(-c2ccc(Oc3nc4c(c(=O)n(C)c(=O)n4C)n3CCC(C)C)cc2)n1. The molecule has 162 valence electrons. The molecule has 31 heavy (non-hydrogen) atoms. The topological polar surface area (TPSA) is 83.9 Å². The van der Waals surface area contributed by atoms with Gasteiger partial charge in [-0.15, -0.1) is 11.3 Å². The molecule has 4 rings (SSSR count). The summed E-state index contributed by atoms with van der Waals surface area (Å²) < 4.78 is 10.3. The van der Waals surface area contributed by atoms with Crippen molar-refractivity contribution in [1.82, 2.24) is 23.7 Å². The van der Waals surface area contributed by atoms with Gasteiger partial charge in [-0.25, -0.2) is 9.78 Å². The first-order chi connectivity index (χ1) is 14.8. The van der Waals surface area contributed by atoms with Crippen molar-refractivity contribution in [2.45, 2.75) is 33.7 Å². The molecule has 0 bridgehead atoms. The van der Waals surface area contributed by atoms with Crippen molar-refractivity contribution in [2.75, 3.05) is 0 Å². The molecule has 0 aliphatic heterocycles. The van der Waals surface area contributed by atoms with Gasteiger partial charge in [0.1, 0.15) is 10.8 Å². The lowest BCUT2D eigenvalue weighted by Crippen LogP contribution is -2.37. The average Bonchev–Trinajstić information content (AvgIpc) is 3.33. The second-order valence-corrected chi connectivity index (χ2v) is 8.89. The Morgan fingerprint density at radius 3 is 2.39 bits per heavy atom. The fraction of sp³-hybridized carbons (Fsp3) is 0.364. The number of benzene rings is 1. The van der Waals surface area contributed by atoms with E-state index in [0.717, 1.165) is 27.3 Å². The van der Waals surface area contributed by atoms with Crippen LogP contribution in [-0.4, -0.2) is 23.7 Å². The Kier molecular flexibility index (Phi) is 5.53. The van der Waals surface area contributed by atoms with E-state index >= 15 is 0 Å². The van der Waals surface area contributed by atoms with Crippen molar-refractivity contribution < 1.29 is 4.74 Å². The van der Waals surface area contributed by atoms with Gasteiger partial charge in [0, 0.05) is 37.3 Å². The Labute approximate surface area is 183 Å². The van der Waals surface area contributed by atoms with Crippen molar-refractivity contribution in [3.63, 3.8) is 0 Å². The highest BCUT2D eigenvalue weighted by Gasteiger charge is 2.20. The zero-order valence-electron chi connectivity index (χ0n) is 18.2. The van der Waals surface area contributed by atoms with Gasteiger partial charge >= 0.3 is 11.7 Å². The molecule has 0 unspecified atom stereocenters.